The summed E-state index contributed by atoms with van der Waals surface area (Å²) in [7, 11) is 0. The van der Waals surface area contributed by atoms with Gasteiger partial charge in [-0.2, -0.15) is 0 Å². The molecule has 1 rings (SSSR count). The van der Waals surface area contributed by atoms with E-state index in [-0.39, 0.29) is 17.4 Å². The Morgan fingerprint density at radius 1 is 1.31 bits per heavy atom. The maximum atomic E-state index is 11.8. The molecule has 1 fully saturated rings. The van der Waals surface area contributed by atoms with E-state index >= 15 is 0 Å². The van der Waals surface area contributed by atoms with Gasteiger partial charge < -0.3 is 10.6 Å². The van der Waals surface area contributed by atoms with E-state index in [4.69, 9.17) is 0 Å². The fraction of sp³-hybridized carbons (Fsp3) is 0.923. The van der Waals surface area contributed by atoms with Crippen LogP contribution in [0.2, 0.25) is 0 Å². The fourth-order valence-corrected chi connectivity index (χ4v) is 2.36. The molecule has 1 amide bonds. The third-order valence-corrected chi connectivity index (χ3v) is 2.99. The summed E-state index contributed by atoms with van der Waals surface area (Å²) in [5.74, 6) is 0.478. The second kappa shape index (κ2) is 5.67. The second-order valence-electron chi connectivity index (χ2n) is 5.89. The monoisotopic (exact) mass is 226 g/mol. The molecule has 16 heavy (non-hydrogen) atoms. The van der Waals surface area contributed by atoms with E-state index in [0.717, 1.165) is 32.2 Å². The minimum absolute atomic E-state index is 0.152. The molecule has 0 aromatic carbocycles. The number of nitrogens with one attached hydrogen (secondary N) is 2. The van der Waals surface area contributed by atoms with E-state index < -0.39 is 0 Å². The molecule has 2 atom stereocenters. The zero-order valence-corrected chi connectivity index (χ0v) is 11.1. The molecule has 0 unspecified atom stereocenters. The minimum atomic E-state index is 0.152. The predicted molar refractivity (Wildman–Crippen MR) is 67.3 cm³/mol. The quantitative estimate of drug-likeness (QED) is 0.770. The lowest BCUT2D eigenvalue weighted by atomic mass is 10.0. The molecule has 94 valence electrons. The van der Waals surface area contributed by atoms with E-state index in [0.29, 0.717) is 6.04 Å². The van der Waals surface area contributed by atoms with Gasteiger partial charge in [0.05, 0.1) is 0 Å². The van der Waals surface area contributed by atoms with Crippen LogP contribution in [0.3, 0.4) is 0 Å². The van der Waals surface area contributed by atoms with Gasteiger partial charge in [0.2, 0.25) is 5.91 Å². The molecule has 0 aliphatic heterocycles. The van der Waals surface area contributed by atoms with Crippen LogP contribution in [-0.4, -0.2) is 24.0 Å². The van der Waals surface area contributed by atoms with E-state index in [1.54, 1.807) is 0 Å². The highest BCUT2D eigenvalue weighted by atomic mass is 16.1. The lowest BCUT2D eigenvalue weighted by molar-refractivity contribution is -0.124. The van der Waals surface area contributed by atoms with E-state index in [2.05, 4.69) is 38.3 Å². The van der Waals surface area contributed by atoms with Crippen molar-refractivity contribution >= 4 is 5.91 Å². The van der Waals surface area contributed by atoms with Crippen LogP contribution in [0.15, 0.2) is 0 Å². The summed E-state index contributed by atoms with van der Waals surface area (Å²) >= 11 is 0. The standard InChI is InChI=1S/C13H26N2O/c1-5-8-14-12(16)10-6-7-11(9-10)15-13(2,3)4/h10-11,15H,5-9H2,1-4H3,(H,14,16)/t10-,11+/m0/s1. The topological polar surface area (TPSA) is 41.1 Å². The first-order chi connectivity index (χ1) is 7.42. The number of carbonyl (C=O) groups is 1. The molecule has 3 nitrogen and oxygen atoms in total. The molecule has 1 aliphatic rings. The SMILES string of the molecule is CCCNC(=O)[C@H]1CC[C@@H](NC(C)(C)C)C1. The van der Waals surface area contributed by atoms with Crippen LogP contribution in [0.4, 0.5) is 0 Å². The Balaban J connectivity index is 2.32. The number of hydrogen-bond acceptors (Lipinski definition) is 2. The van der Waals surface area contributed by atoms with Crippen molar-refractivity contribution < 1.29 is 4.79 Å². The summed E-state index contributed by atoms with van der Waals surface area (Å²) in [5.41, 5.74) is 0.152. The first-order valence-electron chi connectivity index (χ1n) is 6.48. The maximum absolute atomic E-state index is 11.8. The average Bonchev–Trinajstić information content (AvgIpc) is 2.59. The van der Waals surface area contributed by atoms with Gasteiger partial charge >= 0.3 is 0 Å². The van der Waals surface area contributed by atoms with Gasteiger partial charge in [-0.1, -0.05) is 6.92 Å². The van der Waals surface area contributed by atoms with Gasteiger partial charge in [0.15, 0.2) is 0 Å². The van der Waals surface area contributed by atoms with Gasteiger partial charge in [-0.3, -0.25) is 4.79 Å². The van der Waals surface area contributed by atoms with Gasteiger partial charge in [-0.05, 0) is 46.5 Å². The fourth-order valence-electron chi connectivity index (χ4n) is 2.36. The average molecular weight is 226 g/mol. The summed E-state index contributed by atoms with van der Waals surface area (Å²) in [6, 6.07) is 0.511. The lowest BCUT2D eigenvalue weighted by Crippen LogP contribution is -2.42. The summed E-state index contributed by atoms with van der Waals surface area (Å²) in [6.07, 6.45) is 4.17. The Labute approximate surface area is 99.4 Å². The summed E-state index contributed by atoms with van der Waals surface area (Å²) in [6.45, 7) is 9.43. The zero-order valence-electron chi connectivity index (χ0n) is 11.1. The Bertz CT molecular complexity index is 233. The van der Waals surface area contributed by atoms with Crippen LogP contribution < -0.4 is 10.6 Å². The Hall–Kier alpha value is -0.570. The summed E-state index contributed by atoms with van der Waals surface area (Å²) < 4.78 is 0. The van der Waals surface area contributed by atoms with Crippen molar-refractivity contribution in [1.82, 2.24) is 10.6 Å². The molecular weight excluding hydrogens is 200 g/mol. The molecule has 0 radical (unpaired) electrons. The molecule has 3 heteroatoms. The third-order valence-electron chi connectivity index (χ3n) is 2.99. The van der Waals surface area contributed by atoms with Crippen molar-refractivity contribution in [2.45, 2.75) is 65.0 Å². The Morgan fingerprint density at radius 3 is 2.56 bits per heavy atom. The van der Waals surface area contributed by atoms with Crippen molar-refractivity contribution in [2.24, 2.45) is 5.92 Å². The molecule has 0 spiro atoms. The van der Waals surface area contributed by atoms with Gasteiger partial charge in [-0.25, -0.2) is 0 Å². The molecular formula is C13H26N2O. The second-order valence-corrected chi connectivity index (χ2v) is 5.89. The van der Waals surface area contributed by atoms with Crippen LogP contribution in [0, 0.1) is 5.92 Å². The molecule has 0 aromatic heterocycles. The molecule has 1 aliphatic carbocycles. The van der Waals surface area contributed by atoms with Crippen LogP contribution in [0.25, 0.3) is 0 Å². The largest absolute Gasteiger partial charge is 0.356 e. The van der Waals surface area contributed by atoms with Crippen molar-refractivity contribution in [3.05, 3.63) is 0 Å². The Morgan fingerprint density at radius 2 is 2.00 bits per heavy atom. The van der Waals surface area contributed by atoms with Crippen molar-refractivity contribution in [3.63, 3.8) is 0 Å². The number of amides is 1. The molecule has 2 N–H and O–H groups in total. The first kappa shape index (κ1) is 13.5. The van der Waals surface area contributed by atoms with Crippen molar-refractivity contribution in [3.8, 4) is 0 Å². The van der Waals surface area contributed by atoms with Gasteiger partial charge in [-0.15, -0.1) is 0 Å². The van der Waals surface area contributed by atoms with Crippen molar-refractivity contribution in [2.75, 3.05) is 6.54 Å². The third kappa shape index (κ3) is 4.52. The van der Waals surface area contributed by atoms with E-state index in [9.17, 15) is 4.79 Å². The van der Waals surface area contributed by atoms with Gasteiger partial charge in [0, 0.05) is 24.0 Å². The van der Waals surface area contributed by atoms with Crippen LogP contribution in [0.1, 0.15) is 53.4 Å². The molecule has 1 saturated carbocycles. The summed E-state index contributed by atoms with van der Waals surface area (Å²) in [4.78, 5) is 11.8. The maximum Gasteiger partial charge on any atom is 0.223 e. The normalized spacial score (nSPS) is 25.8. The molecule has 0 aromatic rings. The first-order valence-corrected chi connectivity index (χ1v) is 6.48. The van der Waals surface area contributed by atoms with Crippen LogP contribution in [0.5, 0.6) is 0 Å². The van der Waals surface area contributed by atoms with Crippen LogP contribution >= 0.6 is 0 Å². The highest BCUT2D eigenvalue weighted by molar-refractivity contribution is 5.78. The lowest BCUT2D eigenvalue weighted by Gasteiger charge is -2.25. The number of hydrogen-bond donors (Lipinski definition) is 2. The molecule has 0 saturated heterocycles. The van der Waals surface area contributed by atoms with Gasteiger partial charge in [0.1, 0.15) is 0 Å². The highest BCUT2D eigenvalue weighted by Crippen LogP contribution is 2.27. The zero-order chi connectivity index (χ0) is 12.2. The van der Waals surface area contributed by atoms with Crippen molar-refractivity contribution in [1.29, 1.82) is 0 Å². The number of rotatable bonds is 4. The van der Waals surface area contributed by atoms with Gasteiger partial charge in [0.25, 0.3) is 0 Å². The smallest absolute Gasteiger partial charge is 0.223 e. The van der Waals surface area contributed by atoms with E-state index in [1.165, 1.54) is 0 Å². The number of carbonyl (C=O) groups excluding carboxylic acids is 1. The molecule has 0 bridgehead atoms. The summed E-state index contributed by atoms with van der Waals surface area (Å²) in [5, 5.41) is 6.57. The Kier molecular flexibility index (Phi) is 4.78. The molecule has 0 heterocycles. The van der Waals surface area contributed by atoms with Crippen LogP contribution in [-0.2, 0) is 4.79 Å². The minimum Gasteiger partial charge on any atom is -0.356 e. The van der Waals surface area contributed by atoms with E-state index in [1.807, 2.05) is 0 Å². The highest BCUT2D eigenvalue weighted by Gasteiger charge is 2.31. The predicted octanol–water partition coefficient (Wildman–Crippen LogP) is 2.07.